The van der Waals surface area contributed by atoms with Crippen LogP contribution < -0.4 is 10.1 Å². The second-order valence-electron chi connectivity index (χ2n) is 7.17. The number of carbonyl (C=O) groups is 1. The van der Waals surface area contributed by atoms with Gasteiger partial charge in [-0.05, 0) is 58.3 Å². The molecule has 7 heteroatoms. The maximum absolute atomic E-state index is 12.9. The maximum atomic E-state index is 12.9. The van der Waals surface area contributed by atoms with E-state index in [2.05, 4.69) is 20.8 Å². The van der Waals surface area contributed by atoms with Crippen LogP contribution in [0.3, 0.4) is 0 Å². The Labute approximate surface area is 180 Å². The quantitative estimate of drug-likeness (QED) is 0.502. The zero-order valence-electron chi connectivity index (χ0n) is 17.4. The smallest absolute Gasteiger partial charge is 0.225 e. The molecule has 1 amide bonds. The summed E-state index contributed by atoms with van der Waals surface area (Å²) >= 11 is 0. The summed E-state index contributed by atoms with van der Waals surface area (Å²) in [5, 5.41) is 14.7. The number of benzene rings is 3. The number of hydrogen-bond donors (Lipinski definition) is 1. The van der Waals surface area contributed by atoms with E-state index in [1.54, 1.807) is 11.8 Å². The van der Waals surface area contributed by atoms with Gasteiger partial charge in [-0.2, -0.15) is 4.68 Å². The number of carbonyl (C=O) groups excluding carboxylic acids is 1. The van der Waals surface area contributed by atoms with E-state index in [-0.39, 0.29) is 18.4 Å². The summed E-state index contributed by atoms with van der Waals surface area (Å²) < 4.78 is 6.91. The normalized spacial score (nSPS) is 11.7. The van der Waals surface area contributed by atoms with E-state index in [4.69, 9.17) is 4.74 Å². The number of nitrogens with zero attached hydrogens (tertiary/aromatic N) is 4. The first-order chi connectivity index (χ1) is 15.1. The molecule has 0 radical (unpaired) electrons. The molecular weight excluding hydrogens is 390 g/mol. The molecule has 0 saturated heterocycles. The molecule has 0 aliphatic rings. The van der Waals surface area contributed by atoms with Crippen LogP contribution in [0.5, 0.6) is 5.75 Å². The highest BCUT2D eigenvalue weighted by molar-refractivity contribution is 5.79. The van der Waals surface area contributed by atoms with Crippen LogP contribution in [-0.4, -0.2) is 33.2 Å². The summed E-state index contributed by atoms with van der Waals surface area (Å²) in [4.78, 5) is 12.9. The number of methoxy groups -OCH3 is 1. The summed E-state index contributed by atoms with van der Waals surface area (Å²) in [6.45, 7) is 1.84. The zero-order chi connectivity index (χ0) is 21.6. The highest BCUT2D eigenvalue weighted by atomic mass is 16.5. The SMILES string of the molecule is COc1ccc([C@H](NC(=O)Cc2ccc(-n3nnnc3C)cc2)c2ccccc2)cc1. The van der Waals surface area contributed by atoms with Crippen molar-refractivity contribution < 1.29 is 9.53 Å². The van der Waals surface area contributed by atoms with Crippen molar-refractivity contribution in [1.29, 1.82) is 0 Å². The number of rotatable bonds is 7. The first kappa shape index (κ1) is 20.3. The summed E-state index contributed by atoms with van der Waals surface area (Å²) in [6.07, 6.45) is 0.272. The van der Waals surface area contributed by atoms with Gasteiger partial charge in [0.15, 0.2) is 5.82 Å². The van der Waals surface area contributed by atoms with E-state index in [0.29, 0.717) is 5.82 Å². The van der Waals surface area contributed by atoms with E-state index in [1.165, 1.54) is 0 Å². The van der Waals surface area contributed by atoms with Crippen molar-refractivity contribution in [3.8, 4) is 11.4 Å². The van der Waals surface area contributed by atoms with Crippen molar-refractivity contribution in [1.82, 2.24) is 25.5 Å². The van der Waals surface area contributed by atoms with Crippen molar-refractivity contribution in [2.75, 3.05) is 7.11 Å². The van der Waals surface area contributed by atoms with Crippen LogP contribution >= 0.6 is 0 Å². The summed E-state index contributed by atoms with van der Waals surface area (Å²) in [6, 6.07) is 25.1. The Hall–Kier alpha value is -4.00. The molecule has 1 atom stereocenters. The van der Waals surface area contributed by atoms with Gasteiger partial charge in [-0.3, -0.25) is 4.79 Å². The first-order valence-corrected chi connectivity index (χ1v) is 9.96. The van der Waals surface area contributed by atoms with Crippen LogP contribution in [0.4, 0.5) is 0 Å². The Kier molecular flexibility index (Phi) is 6.03. The minimum Gasteiger partial charge on any atom is -0.497 e. The predicted molar refractivity (Wildman–Crippen MR) is 117 cm³/mol. The second kappa shape index (κ2) is 9.21. The number of nitrogens with one attached hydrogen (secondary N) is 1. The van der Waals surface area contributed by atoms with E-state index < -0.39 is 0 Å². The fraction of sp³-hybridized carbons (Fsp3) is 0.167. The van der Waals surface area contributed by atoms with Crippen LogP contribution in [0.2, 0.25) is 0 Å². The number of hydrogen-bond acceptors (Lipinski definition) is 5. The van der Waals surface area contributed by atoms with Crippen molar-refractivity contribution in [2.24, 2.45) is 0 Å². The third-order valence-electron chi connectivity index (χ3n) is 5.06. The summed E-state index contributed by atoms with van der Waals surface area (Å²) in [5.74, 6) is 1.42. The molecule has 0 aliphatic carbocycles. The molecule has 0 bridgehead atoms. The molecule has 0 unspecified atom stereocenters. The molecule has 4 aromatic rings. The highest BCUT2D eigenvalue weighted by Gasteiger charge is 2.17. The van der Waals surface area contributed by atoms with Gasteiger partial charge in [0.1, 0.15) is 5.75 Å². The summed E-state index contributed by atoms with van der Waals surface area (Å²) in [7, 11) is 1.64. The van der Waals surface area contributed by atoms with Crippen LogP contribution in [-0.2, 0) is 11.2 Å². The van der Waals surface area contributed by atoms with Gasteiger partial charge in [-0.25, -0.2) is 0 Å². The van der Waals surface area contributed by atoms with E-state index in [1.807, 2.05) is 85.8 Å². The molecule has 156 valence electrons. The lowest BCUT2D eigenvalue weighted by Crippen LogP contribution is -2.30. The van der Waals surface area contributed by atoms with Gasteiger partial charge >= 0.3 is 0 Å². The van der Waals surface area contributed by atoms with Gasteiger partial charge in [0.2, 0.25) is 5.91 Å². The number of tetrazole rings is 1. The van der Waals surface area contributed by atoms with Crippen molar-refractivity contribution in [3.05, 3.63) is 101 Å². The topological polar surface area (TPSA) is 81.9 Å². The molecule has 7 nitrogen and oxygen atoms in total. The predicted octanol–water partition coefficient (Wildman–Crippen LogP) is 3.43. The van der Waals surface area contributed by atoms with Crippen molar-refractivity contribution in [3.63, 3.8) is 0 Å². The number of amides is 1. The first-order valence-electron chi connectivity index (χ1n) is 9.96. The fourth-order valence-corrected chi connectivity index (χ4v) is 3.42. The molecule has 0 aliphatic heterocycles. The third kappa shape index (κ3) is 4.78. The molecule has 3 aromatic carbocycles. The molecule has 0 saturated carbocycles. The Morgan fingerprint density at radius 3 is 2.26 bits per heavy atom. The Bertz CT molecular complexity index is 1140. The van der Waals surface area contributed by atoms with Gasteiger partial charge in [0.05, 0.1) is 25.3 Å². The molecule has 0 spiro atoms. The standard InChI is InChI=1S/C24H23N5O2/c1-17-26-27-28-29(17)21-12-8-18(9-13-21)16-23(30)25-24(19-6-4-3-5-7-19)20-10-14-22(31-2)15-11-20/h3-15,24H,16H2,1-2H3,(H,25,30)/t24-/m1/s1. The Morgan fingerprint density at radius 1 is 0.968 bits per heavy atom. The molecular formula is C24H23N5O2. The second-order valence-corrected chi connectivity index (χ2v) is 7.17. The number of aryl methyl sites for hydroxylation is 1. The van der Waals surface area contributed by atoms with Crippen molar-refractivity contribution in [2.45, 2.75) is 19.4 Å². The van der Waals surface area contributed by atoms with Crippen LogP contribution in [0.25, 0.3) is 5.69 Å². The molecule has 31 heavy (non-hydrogen) atoms. The summed E-state index contributed by atoms with van der Waals surface area (Å²) in [5.41, 5.74) is 3.77. The van der Waals surface area contributed by atoms with Crippen molar-refractivity contribution >= 4 is 5.91 Å². The fourth-order valence-electron chi connectivity index (χ4n) is 3.42. The lowest BCUT2D eigenvalue weighted by Gasteiger charge is -2.20. The zero-order valence-corrected chi connectivity index (χ0v) is 17.4. The lowest BCUT2D eigenvalue weighted by atomic mass is 9.98. The van der Waals surface area contributed by atoms with E-state index in [0.717, 1.165) is 28.1 Å². The third-order valence-corrected chi connectivity index (χ3v) is 5.06. The lowest BCUT2D eigenvalue weighted by molar-refractivity contribution is -0.120. The van der Waals surface area contributed by atoms with Crippen LogP contribution in [0, 0.1) is 6.92 Å². The molecule has 4 rings (SSSR count). The largest absolute Gasteiger partial charge is 0.497 e. The molecule has 0 fully saturated rings. The van der Waals surface area contributed by atoms with E-state index in [9.17, 15) is 4.79 Å². The Morgan fingerprint density at radius 2 is 1.65 bits per heavy atom. The van der Waals surface area contributed by atoms with Gasteiger partial charge < -0.3 is 10.1 Å². The molecule has 1 heterocycles. The van der Waals surface area contributed by atoms with Gasteiger partial charge in [-0.1, -0.05) is 54.6 Å². The monoisotopic (exact) mass is 413 g/mol. The number of ether oxygens (including phenoxy) is 1. The molecule has 1 aromatic heterocycles. The average Bonchev–Trinajstić information content (AvgIpc) is 3.24. The molecule has 1 N–H and O–H groups in total. The minimum atomic E-state index is -0.247. The van der Waals surface area contributed by atoms with Gasteiger partial charge in [0, 0.05) is 0 Å². The van der Waals surface area contributed by atoms with Gasteiger partial charge in [0.25, 0.3) is 0 Å². The minimum absolute atomic E-state index is 0.0592. The Balaban J connectivity index is 1.50. The van der Waals surface area contributed by atoms with Crippen LogP contribution in [0.1, 0.15) is 28.6 Å². The maximum Gasteiger partial charge on any atom is 0.225 e. The highest BCUT2D eigenvalue weighted by Crippen LogP contribution is 2.24. The van der Waals surface area contributed by atoms with E-state index >= 15 is 0 Å². The van der Waals surface area contributed by atoms with Crippen LogP contribution in [0.15, 0.2) is 78.9 Å². The number of aromatic nitrogens is 4. The van der Waals surface area contributed by atoms with Gasteiger partial charge in [-0.15, -0.1) is 5.10 Å². The average molecular weight is 413 g/mol.